The van der Waals surface area contributed by atoms with Gasteiger partial charge in [-0.1, -0.05) is 31.4 Å². The number of benzene rings is 1. The average Bonchev–Trinajstić information content (AvgIpc) is 3.20. The highest BCUT2D eigenvalue weighted by atomic mass is 32.1. The molecule has 0 radical (unpaired) electrons. The molecule has 3 rings (SSSR count). The quantitative estimate of drug-likeness (QED) is 0.707. The summed E-state index contributed by atoms with van der Waals surface area (Å²) in [5.41, 5.74) is -0.816. The normalized spacial score (nSPS) is 16.3. The second kappa shape index (κ2) is 8.98. The van der Waals surface area contributed by atoms with Crippen LogP contribution in [-0.2, 0) is 15.8 Å². The van der Waals surface area contributed by atoms with Crippen LogP contribution in [0.15, 0.2) is 41.8 Å². The van der Waals surface area contributed by atoms with Gasteiger partial charge in [0.15, 0.2) is 0 Å². The van der Waals surface area contributed by atoms with Crippen LogP contribution >= 0.6 is 11.3 Å². The van der Waals surface area contributed by atoms with Gasteiger partial charge in [-0.3, -0.25) is 14.5 Å². The second-order valence-electron chi connectivity index (χ2n) is 7.20. The summed E-state index contributed by atoms with van der Waals surface area (Å²) < 4.78 is 39.6. The van der Waals surface area contributed by atoms with Crippen LogP contribution in [0.1, 0.15) is 55.5 Å². The zero-order valence-electron chi connectivity index (χ0n) is 16.0. The third kappa shape index (κ3) is 5.18. The third-order valence-corrected chi connectivity index (χ3v) is 5.99. The van der Waals surface area contributed by atoms with E-state index in [1.807, 2.05) is 0 Å². The maximum atomic E-state index is 13.2. The lowest BCUT2D eigenvalue weighted by molar-refractivity contribution is -0.137. The standard InChI is InChI=1S/C21H23F3N2O2S/c1-14(27)26(17-10-5-7-15(13-17)21(22,23)24)19(18-11-6-12-29-18)20(28)25-16-8-3-2-4-9-16/h5-7,10-13,16,19H,2-4,8-9H2,1H3,(H,25,28). The predicted molar refractivity (Wildman–Crippen MR) is 107 cm³/mol. The molecule has 1 saturated carbocycles. The Morgan fingerprint density at radius 2 is 1.86 bits per heavy atom. The molecule has 0 spiro atoms. The van der Waals surface area contributed by atoms with Crippen molar-refractivity contribution in [3.05, 3.63) is 52.2 Å². The van der Waals surface area contributed by atoms with E-state index in [1.165, 1.54) is 30.4 Å². The van der Waals surface area contributed by atoms with E-state index in [-0.39, 0.29) is 17.6 Å². The Morgan fingerprint density at radius 3 is 2.45 bits per heavy atom. The van der Waals surface area contributed by atoms with Crippen LogP contribution in [0.3, 0.4) is 0 Å². The summed E-state index contributed by atoms with van der Waals surface area (Å²) in [5.74, 6) is -0.867. The fraction of sp³-hybridized carbons (Fsp3) is 0.429. The summed E-state index contributed by atoms with van der Waals surface area (Å²) in [4.78, 5) is 27.5. The molecule has 1 aliphatic carbocycles. The van der Waals surface area contributed by atoms with Crippen molar-refractivity contribution in [2.24, 2.45) is 0 Å². The second-order valence-corrected chi connectivity index (χ2v) is 8.18. The number of nitrogens with zero attached hydrogens (tertiary/aromatic N) is 1. The SMILES string of the molecule is CC(=O)N(c1cccc(C(F)(F)F)c1)C(C(=O)NC1CCCCC1)c1cccs1. The first-order valence-electron chi connectivity index (χ1n) is 9.58. The lowest BCUT2D eigenvalue weighted by atomic mass is 9.95. The number of carbonyl (C=O) groups excluding carboxylic acids is 2. The summed E-state index contributed by atoms with van der Waals surface area (Å²) in [7, 11) is 0. The largest absolute Gasteiger partial charge is 0.416 e. The molecule has 1 aromatic heterocycles. The molecule has 2 amide bonds. The molecule has 0 bridgehead atoms. The molecule has 1 N–H and O–H groups in total. The summed E-state index contributed by atoms with van der Waals surface area (Å²) >= 11 is 1.29. The number of halogens is 3. The minimum atomic E-state index is -4.54. The van der Waals surface area contributed by atoms with Gasteiger partial charge in [-0.25, -0.2) is 0 Å². The molecule has 1 aliphatic rings. The smallest absolute Gasteiger partial charge is 0.351 e. The van der Waals surface area contributed by atoms with Crippen LogP contribution in [0.5, 0.6) is 0 Å². The fourth-order valence-corrected chi connectivity index (χ4v) is 4.51. The van der Waals surface area contributed by atoms with Gasteiger partial charge in [0.2, 0.25) is 11.8 Å². The monoisotopic (exact) mass is 424 g/mol. The first kappa shape index (κ1) is 21.4. The molecule has 0 aliphatic heterocycles. The third-order valence-electron chi connectivity index (χ3n) is 5.06. The van der Waals surface area contributed by atoms with Crippen LogP contribution < -0.4 is 10.2 Å². The summed E-state index contributed by atoms with van der Waals surface area (Å²) in [6.07, 6.45) is 0.377. The Bertz CT molecular complexity index is 846. The molecule has 2 aromatic rings. The summed E-state index contributed by atoms with van der Waals surface area (Å²) in [5, 5.41) is 4.79. The van der Waals surface area contributed by atoms with Crippen molar-refractivity contribution in [1.82, 2.24) is 5.32 Å². The molecular weight excluding hydrogens is 401 g/mol. The summed E-state index contributed by atoms with van der Waals surface area (Å²) in [6.45, 7) is 1.26. The predicted octanol–water partition coefficient (Wildman–Crippen LogP) is 5.31. The van der Waals surface area contributed by atoms with Crippen LogP contribution in [0.2, 0.25) is 0 Å². The van der Waals surface area contributed by atoms with Crippen molar-refractivity contribution < 1.29 is 22.8 Å². The molecule has 4 nitrogen and oxygen atoms in total. The first-order chi connectivity index (χ1) is 13.8. The van der Waals surface area contributed by atoms with Crippen molar-refractivity contribution in [2.75, 3.05) is 4.90 Å². The van der Waals surface area contributed by atoms with Gasteiger partial charge in [-0.05, 0) is 42.5 Å². The molecule has 1 fully saturated rings. The highest BCUT2D eigenvalue weighted by Gasteiger charge is 2.35. The maximum absolute atomic E-state index is 13.2. The van der Waals surface area contributed by atoms with E-state index in [2.05, 4.69) is 5.32 Å². The number of thiophene rings is 1. The minimum Gasteiger partial charge on any atom is -0.351 e. The topological polar surface area (TPSA) is 49.4 Å². The first-order valence-corrected chi connectivity index (χ1v) is 10.5. The lowest BCUT2D eigenvalue weighted by Gasteiger charge is -2.32. The van der Waals surface area contributed by atoms with E-state index in [1.54, 1.807) is 17.5 Å². The number of rotatable bonds is 5. The maximum Gasteiger partial charge on any atom is 0.416 e. The van der Waals surface area contributed by atoms with Gasteiger partial charge < -0.3 is 5.32 Å². The Hall–Kier alpha value is -2.35. The van der Waals surface area contributed by atoms with Crippen LogP contribution in [0, 0.1) is 0 Å². The van der Waals surface area contributed by atoms with Gasteiger partial charge in [0.1, 0.15) is 6.04 Å². The highest BCUT2D eigenvalue weighted by Crippen LogP contribution is 2.35. The van der Waals surface area contributed by atoms with Gasteiger partial charge in [0.05, 0.1) is 5.56 Å². The van der Waals surface area contributed by atoms with Crippen LogP contribution in [-0.4, -0.2) is 17.9 Å². The molecule has 29 heavy (non-hydrogen) atoms. The van der Waals surface area contributed by atoms with Crippen molar-refractivity contribution in [1.29, 1.82) is 0 Å². The number of anilines is 1. The zero-order valence-corrected chi connectivity index (χ0v) is 16.9. The molecule has 1 unspecified atom stereocenters. The zero-order chi connectivity index (χ0) is 21.0. The van der Waals surface area contributed by atoms with E-state index >= 15 is 0 Å². The van der Waals surface area contributed by atoms with E-state index in [0.717, 1.165) is 49.1 Å². The van der Waals surface area contributed by atoms with Gasteiger partial charge >= 0.3 is 6.18 Å². The van der Waals surface area contributed by atoms with E-state index in [4.69, 9.17) is 0 Å². The number of alkyl halides is 3. The highest BCUT2D eigenvalue weighted by molar-refractivity contribution is 7.10. The van der Waals surface area contributed by atoms with Gasteiger partial charge in [-0.2, -0.15) is 13.2 Å². The van der Waals surface area contributed by atoms with Crippen LogP contribution in [0.25, 0.3) is 0 Å². The molecule has 156 valence electrons. The fourth-order valence-electron chi connectivity index (χ4n) is 3.69. The summed E-state index contributed by atoms with van der Waals surface area (Å²) in [6, 6.07) is 7.01. The minimum absolute atomic E-state index is 0.0222. The molecule has 1 aromatic carbocycles. The molecular formula is C21H23F3N2O2S. The van der Waals surface area contributed by atoms with Crippen molar-refractivity contribution in [2.45, 2.75) is 57.3 Å². The molecule has 0 saturated heterocycles. The lowest BCUT2D eigenvalue weighted by Crippen LogP contribution is -2.46. The van der Waals surface area contributed by atoms with E-state index in [9.17, 15) is 22.8 Å². The van der Waals surface area contributed by atoms with Gasteiger partial charge in [0, 0.05) is 23.5 Å². The van der Waals surface area contributed by atoms with E-state index in [0.29, 0.717) is 4.88 Å². The average molecular weight is 424 g/mol. The number of amides is 2. The Labute approximate surface area is 171 Å². The van der Waals surface area contributed by atoms with Gasteiger partial charge in [0.25, 0.3) is 0 Å². The molecule has 1 atom stereocenters. The van der Waals surface area contributed by atoms with Crippen molar-refractivity contribution in [3.8, 4) is 0 Å². The van der Waals surface area contributed by atoms with Crippen molar-refractivity contribution >= 4 is 28.8 Å². The Kier molecular flexibility index (Phi) is 6.62. The number of carbonyl (C=O) groups is 2. The van der Waals surface area contributed by atoms with E-state index < -0.39 is 23.7 Å². The van der Waals surface area contributed by atoms with Gasteiger partial charge in [-0.15, -0.1) is 11.3 Å². The number of hydrogen-bond donors (Lipinski definition) is 1. The Balaban J connectivity index is 1.97. The Morgan fingerprint density at radius 1 is 1.14 bits per heavy atom. The van der Waals surface area contributed by atoms with Crippen molar-refractivity contribution in [3.63, 3.8) is 0 Å². The number of hydrogen-bond acceptors (Lipinski definition) is 3. The molecule has 8 heteroatoms. The van der Waals surface area contributed by atoms with Crippen LogP contribution in [0.4, 0.5) is 18.9 Å². The molecule has 1 heterocycles. The number of nitrogens with one attached hydrogen (secondary N) is 1.